The first-order valence-electron chi connectivity index (χ1n) is 7.35. The average molecular weight is 319 g/mol. The molecule has 0 aromatic heterocycles. The average Bonchev–Trinajstić information content (AvgIpc) is 2.44. The second-order valence-electron chi connectivity index (χ2n) is 5.20. The Labute approximate surface area is 131 Å². The molecule has 124 valence electrons. The molecule has 0 radical (unpaired) electrons. The topological polar surface area (TPSA) is 93.5 Å². The van der Waals surface area contributed by atoms with Crippen LogP contribution in [0.5, 0.6) is 0 Å². The lowest BCUT2D eigenvalue weighted by Gasteiger charge is -2.23. The number of ether oxygens (including phenoxy) is 1. The zero-order valence-corrected chi connectivity index (χ0v) is 14.3. The van der Waals surface area contributed by atoms with Crippen LogP contribution in [0.2, 0.25) is 0 Å². The minimum atomic E-state index is -0.719. The zero-order chi connectivity index (χ0) is 16.3. The summed E-state index contributed by atoms with van der Waals surface area (Å²) < 4.78 is 5.05. The molecule has 21 heavy (non-hydrogen) atoms. The zero-order valence-electron chi connectivity index (χ0n) is 13.5. The molecule has 7 heteroatoms. The number of rotatable bonds is 12. The smallest absolute Gasteiger partial charge is 0.316 e. The molecular weight excluding hydrogens is 290 g/mol. The van der Waals surface area contributed by atoms with Gasteiger partial charge in [-0.05, 0) is 37.7 Å². The van der Waals surface area contributed by atoms with Crippen molar-refractivity contribution in [2.24, 2.45) is 17.6 Å². The van der Waals surface area contributed by atoms with Gasteiger partial charge in [0.25, 0.3) is 0 Å². The number of carbonyl (C=O) groups is 2. The fraction of sp³-hybridized carbons (Fsp3) is 0.857. The van der Waals surface area contributed by atoms with Crippen LogP contribution in [-0.2, 0) is 14.3 Å². The molecular formula is C14H29N3O3S. The highest BCUT2D eigenvalue weighted by Gasteiger charge is 2.33. The molecule has 0 aliphatic rings. The SMILES string of the molecule is CCOC(=O)C(CC(C)C)C(=O)C(CCSC)NNCN. The number of carbonyl (C=O) groups excluding carboxylic acids is 2. The Bertz CT molecular complexity index is 306. The van der Waals surface area contributed by atoms with Crippen LogP contribution >= 0.6 is 11.8 Å². The Kier molecular flexibility index (Phi) is 11.6. The summed E-state index contributed by atoms with van der Waals surface area (Å²) in [6.07, 6.45) is 3.12. The van der Waals surface area contributed by atoms with Gasteiger partial charge in [0.15, 0.2) is 5.78 Å². The third-order valence-corrected chi connectivity index (χ3v) is 3.60. The second kappa shape index (κ2) is 12.0. The summed E-state index contributed by atoms with van der Waals surface area (Å²) in [5, 5.41) is 0. The van der Waals surface area contributed by atoms with Gasteiger partial charge in [-0.3, -0.25) is 9.59 Å². The molecule has 0 rings (SSSR count). The van der Waals surface area contributed by atoms with E-state index in [1.807, 2.05) is 20.1 Å². The highest BCUT2D eigenvalue weighted by atomic mass is 32.2. The van der Waals surface area contributed by atoms with E-state index in [9.17, 15) is 9.59 Å². The first kappa shape index (κ1) is 20.4. The first-order valence-corrected chi connectivity index (χ1v) is 8.74. The third kappa shape index (κ3) is 8.40. The highest BCUT2D eigenvalue weighted by Crippen LogP contribution is 2.18. The predicted octanol–water partition coefficient (Wildman–Crippen LogP) is 0.913. The first-order chi connectivity index (χ1) is 9.97. The van der Waals surface area contributed by atoms with E-state index >= 15 is 0 Å². The van der Waals surface area contributed by atoms with Gasteiger partial charge >= 0.3 is 5.97 Å². The fourth-order valence-electron chi connectivity index (χ4n) is 1.99. The van der Waals surface area contributed by atoms with Crippen molar-refractivity contribution >= 4 is 23.5 Å². The number of nitrogens with two attached hydrogens (primary N) is 1. The van der Waals surface area contributed by atoms with Crippen molar-refractivity contribution in [3.63, 3.8) is 0 Å². The Morgan fingerprint density at radius 2 is 2.00 bits per heavy atom. The van der Waals surface area contributed by atoms with E-state index in [1.54, 1.807) is 18.7 Å². The number of hydrogen-bond donors (Lipinski definition) is 3. The van der Waals surface area contributed by atoms with Gasteiger partial charge in [-0.2, -0.15) is 11.8 Å². The second-order valence-corrected chi connectivity index (χ2v) is 6.18. The van der Waals surface area contributed by atoms with Crippen LogP contribution in [0, 0.1) is 11.8 Å². The van der Waals surface area contributed by atoms with Gasteiger partial charge < -0.3 is 10.5 Å². The summed E-state index contributed by atoms with van der Waals surface area (Å²) in [5.41, 5.74) is 11.1. The molecule has 0 heterocycles. The molecule has 6 nitrogen and oxygen atoms in total. The number of nitrogens with one attached hydrogen (secondary N) is 2. The van der Waals surface area contributed by atoms with E-state index < -0.39 is 17.9 Å². The monoisotopic (exact) mass is 319 g/mol. The summed E-state index contributed by atoms with van der Waals surface area (Å²) >= 11 is 1.66. The molecule has 0 aliphatic heterocycles. The van der Waals surface area contributed by atoms with Gasteiger partial charge in [0.2, 0.25) is 0 Å². The number of ketones is 1. The van der Waals surface area contributed by atoms with Crippen LogP contribution in [0.4, 0.5) is 0 Å². The maximum Gasteiger partial charge on any atom is 0.316 e. The maximum absolute atomic E-state index is 12.7. The molecule has 0 amide bonds. The lowest BCUT2D eigenvalue weighted by atomic mass is 9.89. The van der Waals surface area contributed by atoms with Crippen molar-refractivity contribution in [3.05, 3.63) is 0 Å². The van der Waals surface area contributed by atoms with Gasteiger partial charge in [-0.25, -0.2) is 10.9 Å². The normalized spacial score (nSPS) is 14.0. The van der Waals surface area contributed by atoms with Crippen LogP contribution in [0.1, 0.15) is 33.6 Å². The standard InChI is InChI=1S/C14H29N3O3S/c1-5-20-14(19)11(8-10(2)3)13(18)12(6-7-21-4)17-16-9-15/h10-12,16-17H,5-9,15H2,1-4H3. The number of hydrazine groups is 1. The minimum absolute atomic E-state index is 0.128. The summed E-state index contributed by atoms with van der Waals surface area (Å²) in [5.74, 6) is -0.208. The number of hydrogen-bond acceptors (Lipinski definition) is 7. The fourth-order valence-corrected chi connectivity index (χ4v) is 2.46. The van der Waals surface area contributed by atoms with Gasteiger partial charge in [-0.1, -0.05) is 13.8 Å². The molecule has 0 spiro atoms. The number of esters is 1. The van der Waals surface area contributed by atoms with Crippen LogP contribution in [0.15, 0.2) is 0 Å². The van der Waals surface area contributed by atoms with Crippen LogP contribution in [0.25, 0.3) is 0 Å². The molecule has 0 aromatic carbocycles. The minimum Gasteiger partial charge on any atom is -0.465 e. The Morgan fingerprint density at radius 3 is 2.48 bits per heavy atom. The van der Waals surface area contributed by atoms with Gasteiger partial charge in [0.1, 0.15) is 5.92 Å². The quantitative estimate of drug-likeness (QED) is 0.213. The molecule has 0 fully saturated rings. The van der Waals surface area contributed by atoms with Crippen LogP contribution < -0.4 is 16.6 Å². The molecule has 0 saturated heterocycles. The Balaban J connectivity index is 4.92. The van der Waals surface area contributed by atoms with E-state index in [4.69, 9.17) is 10.5 Å². The Hall–Kier alpha value is -0.630. The largest absolute Gasteiger partial charge is 0.465 e. The van der Waals surface area contributed by atoms with Gasteiger partial charge in [0.05, 0.1) is 19.3 Å². The lowest BCUT2D eigenvalue weighted by molar-refractivity contribution is -0.152. The molecule has 0 aliphatic carbocycles. The van der Waals surface area contributed by atoms with Crippen LogP contribution in [-0.4, -0.2) is 43.1 Å². The van der Waals surface area contributed by atoms with Crippen molar-refractivity contribution in [2.45, 2.75) is 39.7 Å². The summed E-state index contributed by atoms with van der Waals surface area (Å²) in [7, 11) is 0. The van der Waals surface area contributed by atoms with Gasteiger partial charge in [-0.15, -0.1) is 0 Å². The van der Waals surface area contributed by atoms with E-state index in [0.29, 0.717) is 12.8 Å². The van der Waals surface area contributed by atoms with Crippen molar-refractivity contribution in [2.75, 3.05) is 25.3 Å². The molecule has 0 bridgehead atoms. The van der Waals surface area contributed by atoms with Crippen molar-refractivity contribution in [1.29, 1.82) is 0 Å². The molecule has 0 saturated carbocycles. The van der Waals surface area contributed by atoms with Crippen molar-refractivity contribution < 1.29 is 14.3 Å². The molecule has 4 N–H and O–H groups in total. The third-order valence-electron chi connectivity index (χ3n) is 2.95. The number of thioether (sulfide) groups is 1. The van der Waals surface area contributed by atoms with Crippen molar-refractivity contribution in [1.82, 2.24) is 10.9 Å². The molecule has 2 unspecified atom stereocenters. The summed E-state index contributed by atoms with van der Waals surface area (Å²) in [4.78, 5) is 24.7. The van der Waals surface area contributed by atoms with E-state index in [2.05, 4.69) is 10.9 Å². The van der Waals surface area contributed by atoms with Gasteiger partial charge in [0, 0.05) is 0 Å². The Morgan fingerprint density at radius 1 is 1.33 bits per heavy atom. The maximum atomic E-state index is 12.7. The predicted molar refractivity (Wildman–Crippen MR) is 86.7 cm³/mol. The number of Topliss-reactive ketones (excluding diaryl/α,β-unsaturated/α-hetero) is 1. The van der Waals surface area contributed by atoms with Crippen LogP contribution in [0.3, 0.4) is 0 Å². The molecule has 2 atom stereocenters. The van der Waals surface area contributed by atoms with E-state index in [-0.39, 0.29) is 25.0 Å². The highest BCUT2D eigenvalue weighted by molar-refractivity contribution is 7.98. The summed E-state index contributed by atoms with van der Waals surface area (Å²) in [6, 6.07) is -0.436. The van der Waals surface area contributed by atoms with E-state index in [0.717, 1.165) is 5.75 Å². The lowest BCUT2D eigenvalue weighted by Crippen LogP contribution is -2.51. The van der Waals surface area contributed by atoms with Crippen molar-refractivity contribution in [3.8, 4) is 0 Å². The summed E-state index contributed by atoms with van der Waals surface area (Å²) in [6.45, 7) is 6.22. The molecule has 0 aromatic rings. The van der Waals surface area contributed by atoms with E-state index in [1.165, 1.54) is 0 Å².